The van der Waals surface area contributed by atoms with Crippen LogP contribution in [-0.2, 0) is 16.0 Å². The van der Waals surface area contributed by atoms with Gasteiger partial charge in [-0.25, -0.2) is 0 Å². The third kappa shape index (κ3) is 5.60. The van der Waals surface area contributed by atoms with Crippen molar-refractivity contribution < 1.29 is 9.59 Å². The molecule has 2 rings (SSSR count). The van der Waals surface area contributed by atoms with Crippen molar-refractivity contribution in [1.29, 1.82) is 5.26 Å². The van der Waals surface area contributed by atoms with Crippen LogP contribution in [0.25, 0.3) is 0 Å². The summed E-state index contributed by atoms with van der Waals surface area (Å²) in [7, 11) is 0. The van der Waals surface area contributed by atoms with Crippen molar-refractivity contribution in [2.75, 3.05) is 26.2 Å². The fourth-order valence-corrected chi connectivity index (χ4v) is 3.31. The Hall–Kier alpha value is -2.35. The lowest BCUT2D eigenvalue weighted by Crippen LogP contribution is -2.44. The van der Waals surface area contributed by atoms with Gasteiger partial charge in [-0.1, -0.05) is 37.3 Å². The maximum Gasteiger partial charge on any atom is 0.226 e. The zero-order chi connectivity index (χ0) is 18.1. The molecule has 0 saturated carbocycles. The summed E-state index contributed by atoms with van der Waals surface area (Å²) in [5.74, 6) is 0.176. The number of amides is 2. The van der Waals surface area contributed by atoms with Gasteiger partial charge in [0.2, 0.25) is 11.8 Å². The van der Waals surface area contributed by atoms with Gasteiger partial charge in [0.05, 0.1) is 6.07 Å². The van der Waals surface area contributed by atoms with E-state index in [9.17, 15) is 9.59 Å². The second-order valence-electron chi connectivity index (χ2n) is 6.56. The molecular formula is C20H27N3O2. The van der Waals surface area contributed by atoms with Crippen molar-refractivity contribution >= 4 is 11.8 Å². The Bertz CT molecular complexity index is 601. The Morgan fingerprint density at radius 2 is 1.92 bits per heavy atom. The van der Waals surface area contributed by atoms with Crippen LogP contribution in [0, 0.1) is 17.2 Å². The molecule has 1 aromatic rings. The van der Waals surface area contributed by atoms with E-state index in [1.807, 2.05) is 42.2 Å². The number of aryl methyl sites for hydroxylation is 1. The molecule has 1 aliphatic heterocycles. The van der Waals surface area contributed by atoms with Gasteiger partial charge in [-0.15, -0.1) is 0 Å². The van der Waals surface area contributed by atoms with Crippen molar-refractivity contribution in [3.8, 4) is 6.07 Å². The number of piperidine rings is 1. The fourth-order valence-electron chi connectivity index (χ4n) is 3.31. The first-order valence-electron chi connectivity index (χ1n) is 9.13. The minimum absolute atomic E-state index is 0.0573. The molecule has 25 heavy (non-hydrogen) atoms. The van der Waals surface area contributed by atoms with Crippen LogP contribution in [0.15, 0.2) is 30.3 Å². The number of nitriles is 1. The Morgan fingerprint density at radius 3 is 2.52 bits per heavy atom. The average molecular weight is 341 g/mol. The molecule has 1 aromatic carbocycles. The number of likely N-dealkylation sites (tertiary alicyclic amines) is 1. The van der Waals surface area contributed by atoms with Crippen molar-refractivity contribution in [1.82, 2.24) is 9.80 Å². The van der Waals surface area contributed by atoms with Gasteiger partial charge in [0.15, 0.2) is 0 Å². The molecule has 0 radical (unpaired) electrons. The SMILES string of the molecule is CCCN(CC#N)C(=O)C1CCN(C(=O)CCc2ccccc2)CC1. The van der Waals surface area contributed by atoms with Crippen LogP contribution in [0.2, 0.25) is 0 Å². The molecule has 1 fully saturated rings. The molecule has 0 atom stereocenters. The Balaban J connectivity index is 1.79. The predicted molar refractivity (Wildman–Crippen MR) is 96.6 cm³/mol. The fraction of sp³-hybridized carbons (Fsp3) is 0.550. The largest absolute Gasteiger partial charge is 0.343 e. The summed E-state index contributed by atoms with van der Waals surface area (Å²) in [5.41, 5.74) is 1.17. The lowest BCUT2D eigenvalue weighted by Gasteiger charge is -2.33. The van der Waals surface area contributed by atoms with Gasteiger partial charge in [0, 0.05) is 32.0 Å². The molecule has 5 nitrogen and oxygen atoms in total. The second kappa shape index (κ2) is 9.83. The molecule has 2 amide bonds. The molecule has 0 N–H and O–H groups in total. The van der Waals surface area contributed by atoms with Crippen LogP contribution >= 0.6 is 0 Å². The number of nitrogens with zero attached hydrogens (tertiary/aromatic N) is 3. The quantitative estimate of drug-likeness (QED) is 0.716. The molecule has 1 saturated heterocycles. The van der Waals surface area contributed by atoms with E-state index in [2.05, 4.69) is 6.07 Å². The van der Waals surface area contributed by atoms with Gasteiger partial charge in [0.25, 0.3) is 0 Å². The highest BCUT2D eigenvalue weighted by Crippen LogP contribution is 2.21. The highest BCUT2D eigenvalue weighted by Gasteiger charge is 2.29. The van der Waals surface area contributed by atoms with E-state index in [0.717, 1.165) is 12.8 Å². The van der Waals surface area contributed by atoms with Gasteiger partial charge < -0.3 is 9.80 Å². The molecule has 5 heteroatoms. The van der Waals surface area contributed by atoms with Crippen LogP contribution in [0.3, 0.4) is 0 Å². The minimum Gasteiger partial charge on any atom is -0.343 e. The van der Waals surface area contributed by atoms with Crippen LogP contribution in [-0.4, -0.2) is 47.8 Å². The molecule has 0 bridgehead atoms. The first-order chi connectivity index (χ1) is 12.2. The van der Waals surface area contributed by atoms with Gasteiger partial charge in [-0.2, -0.15) is 5.26 Å². The van der Waals surface area contributed by atoms with Crippen molar-refractivity contribution in [3.63, 3.8) is 0 Å². The summed E-state index contributed by atoms with van der Waals surface area (Å²) in [6.45, 7) is 4.06. The average Bonchev–Trinajstić information content (AvgIpc) is 2.66. The van der Waals surface area contributed by atoms with Crippen LogP contribution < -0.4 is 0 Å². The van der Waals surface area contributed by atoms with Gasteiger partial charge in [-0.05, 0) is 31.2 Å². The topological polar surface area (TPSA) is 64.4 Å². The third-order valence-corrected chi connectivity index (χ3v) is 4.73. The van der Waals surface area contributed by atoms with Crippen molar-refractivity contribution in [2.24, 2.45) is 5.92 Å². The number of rotatable bonds is 7. The number of carbonyl (C=O) groups excluding carboxylic acids is 2. The second-order valence-corrected chi connectivity index (χ2v) is 6.56. The van der Waals surface area contributed by atoms with E-state index in [4.69, 9.17) is 5.26 Å². The molecule has 134 valence electrons. The number of hydrogen-bond donors (Lipinski definition) is 0. The van der Waals surface area contributed by atoms with E-state index in [-0.39, 0.29) is 24.3 Å². The standard InChI is InChI=1S/C20H27N3O2/c1-2-13-23(16-12-21)20(25)18-10-14-22(15-11-18)19(24)9-8-17-6-4-3-5-7-17/h3-7,18H,2,8-11,13-16H2,1H3. The third-order valence-electron chi connectivity index (χ3n) is 4.73. The zero-order valence-corrected chi connectivity index (χ0v) is 15.0. The van der Waals surface area contributed by atoms with Gasteiger partial charge in [0.1, 0.15) is 6.54 Å². The predicted octanol–water partition coefficient (Wildman–Crippen LogP) is 2.62. The molecule has 0 aliphatic carbocycles. The van der Waals surface area contributed by atoms with E-state index >= 15 is 0 Å². The van der Waals surface area contributed by atoms with Crippen LogP contribution in [0.1, 0.15) is 38.2 Å². The van der Waals surface area contributed by atoms with Gasteiger partial charge >= 0.3 is 0 Å². The highest BCUT2D eigenvalue weighted by molar-refractivity contribution is 5.80. The minimum atomic E-state index is -0.0573. The maximum atomic E-state index is 12.5. The molecule has 0 spiro atoms. The summed E-state index contributed by atoms with van der Waals surface area (Å²) in [6.07, 6.45) is 3.51. The molecule has 1 heterocycles. The summed E-state index contributed by atoms with van der Waals surface area (Å²) in [5, 5.41) is 8.88. The van der Waals surface area contributed by atoms with E-state index < -0.39 is 0 Å². The molecule has 1 aliphatic rings. The van der Waals surface area contributed by atoms with E-state index in [1.165, 1.54) is 5.56 Å². The smallest absolute Gasteiger partial charge is 0.226 e. The van der Waals surface area contributed by atoms with E-state index in [1.54, 1.807) is 4.90 Å². The Kier molecular flexibility index (Phi) is 7.46. The van der Waals surface area contributed by atoms with Crippen molar-refractivity contribution in [3.05, 3.63) is 35.9 Å². The normalized spacial score (nSPS) is 14.8. The van der Waals surface area contributed by atoms with Crippen LogP contribution in [0.4, 0.5) is 0 Å². The number of hydrogen-bond acceptors (Lipinski definition) is 3. The lowest BCUT2D eigenvalue weighted by atomic mass is 9.94. The summed E-state index contributed by atoms with van der Waals surface area (Å²) in [6, 6.07) is 12.1. The summed E-state index contributed by atoms with van der Waals surface area (Å²) >= 11 is 0. The molecular weight excluding hydrogens is 314 g/mol. The number of benzene rings is 1. The maximum absolute atomic E-state index is 12.5. The molecule has 0 unspecified atom stereocenters. The highest BCUT2D eigenvalue weighted by atomic mass is 16.2. The Labute approximate surface area is 150 Å². The van der Waals surface area contributed by atoms with Crippen molar-refractivity contribution in [2.45, 2.75) is 39.0 Å². The zero-order valence-electron chi connectivity index (χ0n) is 15.0. The van der Waals surface area contributed by atoms with Crippen LogP contribution in [0.5, 0.6) is 0 Å². The number of carbonyl (C=O) groups is 2. The first kappa shape index (κ1) is 19.0. The lowest BCUT2D eigenvalue weighted by molar-refractivity contribution is -0.140. The first-order valence-corrected chi connectivity index (χ1v) is 9.13. The Morgan fingerprint density at radius 1 is 1.24 bits per heavy atom. The van der Waals surface area contributed by atoms with Gasteiger partial charge in [-0.3, -0.25) is 9.59 Å². The monoisotopic (exact) mass is 341 g/mol. The van der Waals surface area contributed by atoms with E-state index in [0.29, 0.717) is 38.9 Å². The molecule has 0 aromatic heterocycles. The summed E-state index contributed by atoms with van der Waals surface area (Å²) < 4.78 is 0. The summed E-state index contributed by atoms with van der Waals surface area (Å²) in [4.78, 5) is 28.4.